The van der Waals surface area contributed by atoms with E-state index in [2.05, 4.69) is 25.4 Å². The van der Waals surface area contributed by atoms with Crippen LogP contribution in [-0.4, -0.2) is 49.8 Å². The minimum absolute atomic E-state index is 0.0791. The Bertz CT molecular complexity index is 1080. The average Bonchev–Trinajstić information content (AvgIpc) is 3.52. The number of aromatic nitrogens is 5. The van der Waals surface area contributed by atoms with Crippen molar-refractivity contribution in [3.05, 3.63) is 46.0 Å². The lowest BCUT2D eigenvalue weighted by molar-refractivity contribution is 0.256. The Kier molecular flexibility index (Phi) is 5.25. The lowest BCUT2D eigenvalue weighted by Gasteiger charge is -2.27. The maximum absolute atomic E-state index is 13.2. The van der Waals surface area contributed by atoms with Crippen molar-refractivity contribution >= 4 is 10.9 Å². The molecule has 0 radical (unpaired) electrons. The highest BCUT2D eigenvalue weighted by molar-refractivity contribution is 5.80. The summed E-state index contributed by atoms with van der Waals surface area (Å²) in [6.45, 7) is 4.46. The number of aromatic amines is 1. The molecular formula is C22H28N6O2. The Morgan fingerprint density at radius 3 is 2.73 bits per heavy atom. The number of fused-ring (bicyclic) bond motifs is 1. The number of rotatable bonds is 6. The molecule has 30 heavy (non-hydrogen) atoms. The highest BCUT2D eigenvalue weighted by atomic mass is 16.5. The molecule has 0 amide bonds. The summed E-state index contributed by atoms with van der Waals surface area (Å²) in [5, 5.41) is 13.8. The van der Waals surface area contributed by atoms with Crippen molar-refractivity contribution in [2.24, 2.45) is 0 Å². The highest BCUT2D eigenvalue weighted by Crippen LogP contribution is 2.35. The van der Waals surface area contributed by atoms with Gasteiger partial charge in [0.25, 0.3) is 5.56 Å². The van der Waals surface area contributed by atoms with Crippen LogP contribution in [0.5, 0.6) is 5.75 Å². The Morgan fingerprint density at radius 2 is 1.97 bits per heavy atom. The summed E-state index contributed by atoms with van der Waals surface area (Å²) in [6, 6.07) is 7.85. The van der Waals surface area contributed by atoms with Gasteiger partial charge in [0.15, 0.2) is 5.82 Å². The molecule has 2 aliphatic rings. The molecule has 1 saturated heterocycles. The van der Waals surface area contributed by atoms with Crippen LogP contribution < -0.4 is 10.3 Å². The standard InChI is InChI=1S/C22H28N6O2/c1-2-30-17-9-10-19-15(13-17)14-18(22(29)23-19)20(27-11-5-6-12-27)21-24-25-26-28(21)16-7-3-4-8-16/h9-10,13-14,16,20H,2-8,11-12H2,1H3,(H,23,29). The van der Waals surface area contributed by atoms with Crippen LogP contribution in [0.2, 0.25) is 0 Å². The largest absolute Gasteiger partial charge is 0.494 e. The number of pyridine rings is 1. The normalized spacial score (nSPS) is 19.0. The van der Waals surface area contributed by atoms with Crippen LogP contribution in [0.1, 0.15) is 68.9 Å². The SMILES string of the molecule is CCOc1ccc2[nH]c(=O)c(C(c3nnnn3C3CCCC3)N3CCCC3)cc2c1. The molecule has 0 spiro atoms. The van der Waals surface area contributed by atoms with Crippen LogP contribution in [0.4, 0.5) is 0 Å². The maximum Gasteiger partial charge on any atom is 0.253 e. The van der Waals surface area contributed by atoms with E-state index < -0.39 is 0 Å². The molecule has 1 saturated carbocycles. The van der Waals surface area contributed by atoms with Crippen molar-refractivity contribution in [2.45, 2.75) is 57.5 Å². The van der Waals surface area contributed by atoms with Crippen LogP contribution in [-0.2, 0) is 0 Å². The summed E-state index contributed by atoms with van der Waals surface area (Å²) in [5.74, 6) is 1.59. The maximum atomic E-state index is 13.2. The second-order valence-corrected chi connectivity index (χ2v) is 8.30. The van der Waals surface area contributed by atoms with Gasteiger partial charge in [0.2, 0.25) is 0 Å². The molecule has 8 heteroatoms. The van der Waals surface area contributed by atoms with Crippen molar-refractivity contribution in [1.82, 2.24) is 30.1 Å². The molecule has 2 aromatic heterocycles. The molecule has 3 aromatic rings. The third-order valence-corrected chi connectivity index (χ3v) is 6.39. The molecule has 8 nitrogen and oxygen atoms in total. The van der Waals surface area contributed by atoms with Gasteiger partial charge < -0.3 is 9.72 Å². The van der Waals surface area contributed by atoms with Gasteiger partial charge in [-0.15, -0.1) is 5.10 Å². The van der Waals surface area contributed by atoms with E-state index in [1.54, 1.807) is 0 Å². The fraction of sp³-hybridized carbons (Fsp3) is 0.545. The van der Waals surface area contributed by atoms with E-state index >= 15 is 0 Å². The third kappa shape index (κ3) is 3.49. The van der Waals surface area contributed by atoms with E-state index in [4.69, 9.17) is 4.74 Å². The Hall–Kier alpha value is -2.74. The van der Waals surface area contributed by atoms with Crippen molar-refractivity contribution in [3.63, 3.8) is 0 Å². The van der Waals surface area contributed by atoms with Crippen LogP contribution >= 0.6 is 0 Å². The van der Waals surface area contributed by atoms with Gasteiger partial charge in [0.1, 0.15) is 11.8 Å². The lowest BCUT2D eigenvalue weighted by Crippen LogP contribution is -2.33. The minimum atomic E-state index is -0.244. The van der Waals surface area contributed by atoms with Gasteiger partial charge in [-0.05, 0) is 80.4 Å². The van der Waals surface area contributed by atoms with Crippen LogP contribution in [0.15, 0.2) is 29.1 Å². The number of likely N-dealkylation sites (tertiary alicyclic amines) is 1. The first-order valence-corrected chi connectivity index (χ1v) is 11.1. The van der Waals surface area contributed by atoms with Gasteiger partial charge in [-0.1, -0.05) is 12.8 Å². The zero-order valence-electron chi connectivity index (χ0n) is 17.4. The lowest BCUT2D eigenvalue weighted by atomic mass is 10.0. The second-order valence-electron chi connectivity index (χ2n) is 8.30. The Morgan fingerprint density at radius 1 is 1.17 bits per heavy atom. The number of benzene rings is 1. The van der Waals surface area contributed by atoms with Crippen LogP contribution in [0, 0.1) is 0 Å². The molecule has 3 heterocycles. The first-order valence-electron chi connectivity index (χ1n) is 11.1. The summed E-state index contributed by atoms with van der Waals surface area (Å²) < 4.78 is 7.65. The molecular weight excluding hydrogens is 380 g/mol. The molecule has 1 aliphatic heterocycles. The minimum Gasteiger partial charge on any atom is -0.494 e. The number of hydrogen-bond donors (Lipinski definition) is 1. The van der Waals surface area contributed by atoms with Crippen LogP contribution in [0.25, 0.3) is 10.9 Å². The first kappa shape index (κ1) is 19.2. The first-order chi connectivity index (χ1) is 14.7. The zero-order valence-corrected chi connectivity index (χ0v) is 17.4. The molecule has 1 unspecified atom stereocenters. The van der Waals surface area contributed by atoms with E-state index in [1.165, 1.54) is 12.8 Å². The summed E-state index contributed by atoms with van der Waals surface area (Å²) >= 11 is 0. The van der Waals surface area contributed by atoms with Crippen molar-refractivity contribution in [2.75, 3.05) is 19.7 Å². The highest BCUT2D eigenvalue weighted by Gasteiger charge is 2.34. The smallest absolute Gasteiger partial charge is 0.253 e. The topological polar surface area (TPSA) is 88.9 Å². The van der Waals surface area contributed by atoms with Gasteiger partial charge in [-0.3, -0.25) is 9.69 Å². The number of nitrogens with one attached hydrogen (secondary N) is 1. The number of nitrogens with zero attached hydrogens (tertiary/aromatic N) is 5. The Labute approximate surface area is 175 Å². The molecule has 0 bridgehead atoms. The summed E-state index contributed by atoms with van der Waals surface area (Å²) in [6.07, 6.45) is 6.85. The van der Waals surface area contributed by atoms with Gasteiger partial charge in [0.05, 0.1) is 12.6 Å². The van der Waals surface area contributed by atoms with E-state index in [0.717, 1.165) is 61.2 Å². The van der Waals surface area contributed by atoms with Gasteiger partial charge >= 0.3 is 0 Å². The molecule has 1 aliphatic carbocycles. The molecule has 158 valence electrons. The van der Waals surface area contributed by atoms with Gasteiger partial charge in [-0.25, -0.2) is 4.68 Å². The van der Waals surface area contributed by atoms with Gasteiger partial charge in [-0.2, -0.15) is 0 Å². The second kappa shape index (κ2) is 8.18. The average molecular weight is 409 g/mol. The predicted octanol–water partition coefficient (Wildman–Crippen LogP) is 3.21. The number of H-pyrrole nitrogens is 1. The van der Waals surface area contributed by atoms with E-state index in [1.807, 2.05) is 35.9 Å². The van der Waals surface area contributed by atoms with Crippen molar-refractivity contribution in [1.29, 1.82) is 0 Å². The van der Waals surface area contributed by atoms with Crippen molar-refractivity contribution in [3.8, 4) is 5.75 Å². The fourth-order valence-corrected chi connectivity index (χ4v) is 4.95. The summed E-state index contributed by atoms with van der Waals surface area (Å²) in [4.78, 5) is 18.6. The summed E-state index contributed by atoms with van der Waals surface area (Å²) in [7, 11) is 0. The number of ether oxygens (including phenoxy) is 1. The van der Waals surface area contributed by atoms with Gasteiger partial charge in [0, 0.05) is 16.5 Å². The summed E-state index contributed by atoms with van der Waals surface area (Å²) in [5.41, 5.74) is 1.43. The van der Waals surface area contributed by atoms with Crippen LogP contribution in [0.3, 0.4) is 0 Å². The fourth-order valence-electron chi connectivity index (χ4n) is 4.95. The van der Waals surface area contributed by atoms with E-state index in [9.17, 15) is 4.79 Å². The zero-order chi connectivity index (χ0) is 20.5. The molecule has 1 aromatic carbocycles. The van der Waals surface area contributed by atoms with E-state index in [0.29, 0.717) is 18.2 Å². The van der Waals surface area contributed by atoms with E-state index in [-0.39, 0.29) is 11.6 Å². The number of hydrogen-bond acceptors (Lipinski definition) is 6. The number of tetrazole rings is 1. The molecule has 1 atom stereocenters. The molecule has 2 fully saturated rings. The molecule has 5 rings (SSSR count). The van der Waals surface area contributed by atoms with Crippen molar-refractivity contribution < 1.29 is 4.74 Å². The Balaban J connectivity index is 1.63. The quantitative estimate of drug-likeness (QED) is 0.674. The predicted molar refractivity (Wildman–Crippen MR) is 114 cm³/mol. The monoisotopic (exact) mass is 408 g/mol. The molecule has 1 N–H and O–H groups in total. The third-order valence-electron chi connectivity index (χ3n) is 6.39.